The molecule has 2 aromatic carbocycles. The lowest BCUT2D eigenvalue weighted by Crippen LogP contribution is -2.58. The number of primary amides is 2. The maximum atomic E-state index is 14.4. The first-order valence-electron chi connectivity index (χ1n) is 29.5. The standard InChI is InChI=1S/C61H90N14O14S/c1-36(2)10-6-11-37(3)12-7-13-38(4)26-29-90-35-48(60(88)89-5)74-57(85)47(31-40-18-22-42(77)23-19-40)73-56(84)46(30-39-16-20-41(76)21-17-39)71-53(81)34-69-58(86)49-15-9-28-75(49)59(87)45(24-25-50(63)78)70-52(80)33-68-55(83)44(14-8-27-67-61(65)66)72-54(82)43(62)32-51(64)79/h10,12,16-23,26,43-49,76-77H,6-9,11,13-15,24-25,27-35,62H2,1-5H3,(H2,63,78)(H2,64,79)(H,68,83)(H,69,86)(H,70,80)(H,71,81)(H,72,82)(H,73,84)(H,74,85)(H4,65,66,67)/b37-12+,38-26+/t43-,44-,45-,46-,47-,48-,49-/m0/s1. The van der Waals surface area contributed by atoms with Crippen molar-refractivity contribution < 1.29 is 67.7 Å². The molecule has 0 bridgehead atoms. The Bertz CT molecular complexity index is 2910. The summed E-state index contributed by atoms with van der Waals surface area (Å²) >= 11 is 1.39. The maximum absolute atomic E-state index is 14.4. The van der Waals surface area contributed by atoms with E-state index in [9.17, 15) is 63.0 Å². The number of ether oxygens (including phenoxy) is 1. The molecule has 0 aromatic heterocycles. The summed E-state index contributed by atoms with van der Waals surface area (Å²) in [6.07, 6.45) is 9.25. The molecule has 10 amide bonds. The predicted molar refractivity (Wildman–Crippen MR) is 339 cm³/mol. The number of likely N-dealkylation sites (tertiary alicyclic amines) is 1. The molecule has 1 aliphatic rings. The van der Waals surface area contributed by atoms with Crippen molar-refractivity contribution in [2.24, 2.45) is 33.7 Å². The molecule has 7 atom stereocenters. The second-order valence-corrected chi connectivity index (χ2v) is 23.1. The van der Waals surface area contributed by atoms with Gasteiger partial charge in [0.15, 0.2) is 5.96 Å². The number of nitrogens with two attached hydrogens (primary N) is 5. The number of allylic oxidation sites excluding steroid dienone is 5. The number of nitrogens with zero attached hydrogens (tertiary/aromatic N) is 2. The minimum Gasteiger partial charge on any atom is -0.508 e. The normalized spacial score (nSPS) is 15.0. The van der Waals surface area contributed by atoms with Gasteiger partial charge in [-0.2, -0.15) is 11.8 Å². The molecule has 1 heterocycles. The lowest BCUT2D eigenvalue weighted by Gasteiger charge is -2.29. The first-order valence-corrected chi connectivity index (χ1v) is 30.7. The fourth-order valence-electron chi connectivity index (χ4n) is 9.21. The van der Waals surface area contributed by atoms with Gasteiger partial charge >= 0.3 is 5.97 Å². The van der Waals surface area contributed by atoms with Gasteiger partial charge in [0.05, 0.1) is 32.7 Å². The lowest BCUT2D eigenvalue weighted by molar-refractivity contribution is -0.144. The van der Waals surface area contributed by atoms with Crippen LogP contribution in [0.15, 0.2) is 88.5 Å². The van der Waals surface area contributed by atoms with Gasteiger partial charge in [0, 0.05) is 43.9 Å². The number of rotatable bonds is 39. The highest BCUT2D eigenvalue weighted by Crippen LogP contribution is 2.21. The van der Waals surface area contributed by atoms with Crippen molar-refractivity contribution in [1.29, 1.82) is 0 Å². The Morgan fingerprint density at radius 2 is 1.18 bits per heavy atom. The van der Waals surface area contributed by atoms with Crippen LogP contribution in [0.1, 0.15) is 109 Å². The second kappa shape index (κ2) is 39.8. The molecule has 90 heavy (non-hydrogen) atoms. The zero-order chi connectivity index (χ0) is 66.9. The molecule has 3 rings (SSSR count). The van der Waals surface area contributed by atoms with Crippen LogP contribution in [0.5, 0.6) is 11.5 Å². The molecular formula is C61H90N14O14S. The van der Waals surface area contributed by atoms with E-state index in [1.54, 1.807) is 12.1 Å². The van der Waals surface area contributed by atoms with Crippen molar-refractivity contribution in [3.8, 4) is 11.5 Å². The van der Waals surface area contributed by atoms with Crippen molar-refractivity contribution in [2.75, 3.05) is 44.8 Å². The number of thioether (sulfide) groups is 1. The highest BCUT2D eigenvalue weighted by atomic mass is 32.2. The van der Waals surface area contributed by atoms with Gasteiger partial charge in [0.25, 0.3) is 0 Å². The quantitative estimate of drug-likeness (QED) is 0.0130. The summed E-state index contributed by atoms with van der Waals surface area (Å²) in [5.41, 5.74) is 31.8. The molecule has 2 aromatic rings. The van der Waals surface area contributed by atoms with E-state index in [1.165, 1.54) is 66.4 Å². The van der Waals surface area contributed by atoms with Crippen molar-refractivity contribution in [3.05, 3.63) is 94.6 Å². The minimum absolute atomic E-state index is 0.0157. The zero-order valence-electron chi connectivity index (χ0n) is 51.8. The molecule has 0 saturated carbocycles. The zero-order valence-corrected chi connectivity index (χ0v) is 52.6. The van der Waals surface area contributed by atoms with E-state index in [-0.39, 0.29) is 81.2 Å². The van der Waals surface area contributed by atoms with Gasteiger partial charge in [-0.05, 0) is 121 Å². The fourth-order valence-corrected chi connectivity index (χ4v) is 10.2. The third-order valence-corrected chi connectivity index (χ3v) is 15.1. The number of amides is 10. The number of phenolic OH excluding ortho intramolecular Hbond substituents is 2. The molecular weight excluding hydrogens is 1180 g/mol. The van der Waals surface area contributed by atoms with E-state index < -0.39 is 127 Å². The lowest BCUT2D eigenvalue weighted by atomic mass is 10.0. The van der Waals surface area contributed by atoms with Crippen LogP contribution in [0.4, 0.5) is 0 Å². The number of nitrogens with one attached hydrogen (secondary N) is 7. The van der Waals surface area contributed by atoms with E-state index in [1.807, 2.05) is 6.92 Å². The molecule has 0 spiro atoms. The number of carbonyl (C=O) groups is 11. The topological polar surface area (TPSA) is 467 Å². The highest BCUT2D eigenvalue weighted by molar-refractivity contribution is 7.99. The molecule has 29 heteroatoms. The molecule has 0 radical (unpaired) electrons. The molecule has 0 unspecified atom stereocenters. The number of benzene rings is 2. The number of phenols is 2. The number of hydrogen-bond donors (Lipinski definition) is 14. The van der Waals surface area contributed by atoms with Gasteiger partial charge in [-0.3, -0.25) is 52.9 Å². The number of carbonyl (C=O) groups excluding carboxylic acids is 11. The first kappa shape index (κ1) is 75.3. The van der Waals surface area contributed by atoms with E-state index in [0.717, 1.165) is 36.2 Å². The molecule has 1 saturated heterocycles. The molecule has 0 aliphatic carbocycles. The average Bonchev–Trinajstić information content (AvgIpc) is 1.82. The molecule has 19 N–H and O–H groups in total. The summed E-state index contributed by atoms with van der Waals surface area (Å²) in [6, 6.07) is 2.39. The van der Waals surface area contributed by atoms with Crippen molar-refractivity contribution in [2.45, 2.75) is 153 Å². The Hall–Kier alpha value is -8.99. The summed E-state index contributed by atoms with van der Waals surface area (Å²) in [5.74, 6) is -8.85. The van der Waals surface area contributed by atoms with Gasteiger partial charge in [0.1, 0.15) is 47.8 Å². The molecule has 1 aliphatic heterocycles. The van der Waals surface area contributed by atoms with E-state index in [4.69, 9.17) is 33.4 Å². The summed E-state index contributed by atoms with van der Waals surface area (Å²) in [7, 11) is 1.19. The summed E-state index contributed by atoms with van der Waals surface area (Å²) in [5, 5.41) is 37.8. The third-order valence-electron chi connectivity index (χ3n) is 14.1. The number of aliphatic imine (C=N–C) groups is 1. The van der Waals surface area contributed by atoms with Crippen molar-refractivity contribution >= 4 is 82.8 Å². The average molecular weight is 1280 g/mol. The van der Waals surface area contributed by atoms with Crippen LogP contribution in [0.2, 0.25) is 0 Å². The summed E-state index contributed by atoms with van der Waals surface area (Å²) < 4.78 is 5.05. The van der Waals surface area contributed by atoms with Crippen LogP contribution < -0.4 is 65.9 Å². The number of hydrogen-bond acceptors (Lipinski definition) is 17. The predicted octanol–water partition coefficient (Wildman–Crippen LogP) is -0.622. The number of aromatic hydroxyl groups is 2. The van der Waals surface area contributed by atoms with Crippen LogP contribution >= 0.6 is 11.8 Å². The van der Waals surface area contributed by atoms with Crippen LogP contribution in [0, 0.1) is 0 Å². The summed E-state index contributed by atoms with van der Waals surface area (Å²) in [6.45, 7) is 6.93. The Labute approximate surface area is 528 Å². The Kier molecular flexibility index (Phi) is 33.3. The fraction of sp³-hybridized carbons (Fsp3) is 0.508. The Morgan fingerprint density at radius 3 is 1.73 bits per heavy atom. The highest BCUT2D eigenvalue weighted by Gasteiger charge is 2.39. The smallest absolute Gasteiger partial charge is 0.329 e. The van der Waals surface area contributed by atoms with Gasteiger partial charge in [-0.25, -0.2) is 4.79 Å². The minimum atomic E-state index is -1.45. The Balaban J connectivity index is 1.77. The SMILES string of the molecule is COC(=O)[C@H](CSC/C=C(\C)CC/C=C(\C)CCC=C(C)C)NC(=O)[C@H](Cc1ccc(O)cc1)NC(=O)[C@H](Cc1ccc(O)cc1)NC(=O)CNC(=O)[C@@H]1CCCN1C(=O)[C@H](CCC(N)=O)NC(=O)CNC(=O)[C@H](CCCN=C(N)N)NC(=O)[C@@H](N)CC(N)=O. The van der Waals surface area contributed by atoms with Crippen LogP contribution in [0.3, 0.4) is 0 Å². The summed E-state index contributed by atoms with van der Waals surface area (Å²) in [4.78, 5) is 151. The van der Waals surface area contributed by atoms with E-state index in [0.29, 0.717) is 23.3 Å². The maximum Gasteiger partial charge on any atom is 0.329 e. The van der Waals surface area contributed by atoms with Crippen molar-refractivity contribution in [1.82, 2.24) is 42.1 Å². The molecule has 494 valence electrons. The second-order valence-electron chi connectivity index (χ2n) is 22.0. The van der Waals surface area contributed by atoms with E-state index >= 15 is 0 Å². The van der Waals surface area contributed by atoms with Crippen LogP contribution in [-0.2, 0) is 70.3 Å². The third kappa shape index (κ3) is 29.3. The monoisotopic (exact) mass is 1270 g/mol. The van der Waals surface area contributed by atoms with Gasteiger partial charge < -0.3 is 85.7 Å². The number of guanidine groups is 1. The van der Waals surface area contributed by atoms with Gasteiger partial charge in [-0.15, -0.1) is 0 Å². The molecule has 28 nitrogen and oxygen atoms in total. The van der Waals surface area contributed by atoms with E-state index in [2.05, 4.69) is 81.2 Å². The van der Waals surface area contributed by atoms with Gasteiger partial charge in [-0.1, -0.05) is 59.2 Å². The van der Waals surface area contributed by atoms with Gasteiger partial charge in [0.2, 0.25) is 59.1 Å². The van der Waals surface area contributed by atoms with Crippen LogP contribution in [-0.4, -0.2) is 173 Å². The first-order chi connectivity index (χ1) is 42.6. The molecule has 1 fully saturated rings. The Morgan fingerprint density at radius 1 is 0.644 bits per heavy atom. The van der Waals surface area contributed by atoms with Crippen LogP contribution in [0.25, 0.3) is 0 Å². The van der Waals surface area contributed by atoms with Crippen molar-refractivity contribution in [3.63, 3.8) is 0 Å². The largest absolute Gasteiger partial charge is 0.508 e. The number of esters is 1. The number of methoxy groups -OCH3 is 1.